The molecule has 2 aliphatic rings. The molecular formula is C25H38N2. The molecule has 0 unspecified atom stereocenters. The molecule has 0 bridgehead atoms. The van der Waals surface area contributed by atoms with Crippen molar-refractivity contribution in [3.8, 4) is 0 Å². The molecule has 2 rings (SSSR count). The van der Waals surface area contributed by atoms with Crippen molar-refractivity contribution in [2.24, 2.45) is 0 Å². The molecule has 2 aliphatic carbocycles. The van der Waals surface area contributed by atoms with Crippen molar-refractivity contribution in [2.45, 2.75) is 83.1 Å². The van der Waals surface area contributed by atoms with Gasteiger partial charge in [0.2, 0.25) is 0 Å². The van der Waals surface area contributed by atoms with Crippen molar-refractivity contribution in [1.82, 2.24) is 10.9 Å². The molecule has 0 aliphatic heterocycles. The first kappa shape index (κ1) is 21.5. The molecule has 0 amide bonds. The minimum atomic E-state index is 0.559. The zero-order valence-electron chi connectivity index (χ0n) is 16.9. The van der Waals surface area contributed by atoms with Crippen LogP contribution in [0.15, 0.2) is 72.5 Å². The van der Waals surface area contributed by atoms with E-state index in [0.717, 1.165) is 5.70 Å². The summed E-state index contributed by atoms with van der Waals surface area (Å²) >= 11 is 0. The van der Waals surface area contributed by atoms with Gasteiger partial charge in [-0.1, -0.05) is 119 Å². The third kappa shape index (κ3) is 11.5. The van der Waals surface area contributed by atoms with Gasteiger partial charge in [0.25, 0.3) is 0 Å². The minimum absolute atomic E-state index is 0.559. The molecule has 0 heterocycles. The van der Waals surface area contributed by atoms with E-state index < -0.39 is 0 Å². The van der Waals surface area contributed by atoms with E-state index in [2.05, 4.69) is 47.3 Å². The molecule has 0 spiro atoms. The lowest BCUT2D eigenvalue weighted by atomic mass is 10.0. The summed E-state index contributed by atoms with van der Waals surface area (Å²) in [6.45, 7) is 0. The molecular weight excluding hydrogens is 328 g/mol. The van der Waals surface area contributed by atoms with Gasteiger partial charge >= 0.3 is 0 Å². The Balaban J connectivity index is 1.86. The maximum atomic E-state index is 3.61. The van der Waals surface area contributed by atoms with Crippen LogP contribution in [-0.2, 0) is 0 Å². The number of hydrogen-bond donors (Lipinski definition) is 2. The third-order valence-electron chi connectivity index (χ3n) is 5.22. The number of hydrazine groups is 1. The Morgan fingerprint density at radius 2 is 0.963 bits per heavy atom. The Labute approximate surface area is 166 Å². The molecule has 2 N–H and O–H groups in total. The predicted octanol–water partition coefficient (Wildman–Crippen LogP) is 6.82. The van der Waals surface area contributed by atoms with E-state index >= 15 is 0 Å². The van der Waals surface area contributed by atoms with Gasteiger partial charge in [0.1, 0.15) is 0 Å². The first-order valence-corrected chi connectivity index (χ1v) is 11.0. The van der Waals surface area contributed by atoms with Gasteiger partial charge in [-0.25, -0.2) is 5.43 Å². The Morgan fingerprint density at radius 3 is 1.52 bits per heavy atom. The summed E-state index contributed by atoms with van der Waals surface area (Å²) in [7, 11) is 0. The normalized spacial score (nSPS) is 26.7. The molecule has 0 saturated heterocycles. The second-order valence-corrected chi connectivity index (χ2v) is 7.60. The molecule has 148 valence electrons. The summed E-state index contributed by atoms with van der Waals surface area (Å²) in [4.78, 5) is 0. The van der Waals surface area contributed by atoms with Crippen molar-refractivity contribution in [3.05, 3.63) is 72.5 Å². The van der Waals surface area contributed by atoms with Gasteiger partial charge in [-0.3, -0.25) is 0 Å². The molecule has 2 nitrogen and oxygen atoms in total. The van der Waals surface area contributed by atoms with E-state index in [-0.39, 0.29) is 0 Å². The Hall–Kier alpha value is -1.80. The molecule has 0 aromatic heterocycles. The second kappa shape index (κ2) is 15.3. The molecule has 1 fully saturated rings. The molecule has 0 radical (unpaired) electrons. The fraction of sp³-hybridized carbons (Fsp3) is 0.520. The van der Waals surface area contributed by atoms with Gasteiger partial charge in [-0.05, 0) is 25.0 Å². The van der Waals surface area contributed by atoms with Crippen LogP contribution >= 0.6 is 0 Å². The molecule has 0 atom stereocenters. The first-order valence-electron chi connectivity index (χ1n) is 11.0. The number of allylic oxidation sites excluding steroid dienone is 11. The highest BCUT2D eigenvalue weighted by Gasteiger charge is 2.08. The van der Waals surface area contributed by atoms with Crippen LogP contribution in [0.3, 0.4) is 0 Å². The molecule has 27 heavy (non-hydrogen) atoms. The van der Waals surface area contributed by atoms with Crippen LogP contribution in [0.1, 0.15) is 77.0 Å². The highest BCUT2D eigenvalue weighted by molar-refractivity contribution is 5.28. The molecule has 2 heteroatoms. The molecule has 0 aromatic carbocycles. The van der Waals surface area contributed by atoms with Crippen LogP contribution in [0.5, 0.6) is 0 Å². The quantitative estimate of drug-likeness (QED) is 0.535. The van der Waals surface area contributed by atoms with Gasteiger partial charge in [0, 0.05) is 11.7 Å². The van der Waals surface area contributed by atoms with Crippen LogP contribution in [0.2, 0.25) is 0 Å². The maximum absolute atomic E-state index is 3.61. The van der Waals surface area contributed by atoms with E-state index in [4.69, 9.17) is 0 Å². The van der Waals surface area contributed by atoms with E-state index in [9.17, 15) is 0 Å². The summed E-state index contributed by atoms with van der Waals surface area (Å²) in [6.07, 6.45) is 39.3. The predicted molar refractivity (Wildman–Crippen MR) is 119 cm³/mol. The average Bonchev–Trinajstić information content (AvgIpc) is 2.69. The highest BCUT2D eigenvalue weighted by atomic mass is 15.4. The number of nitrogens with one attached hydrogen (secondary N) is 2. The van der Waals surface area contributed by atoms with E-state index in [0.29, 0.717) is 6.04 Å². The maximum Gasteiger partial charge on any atom is 0.0487 e. The summed E-state index contributed by atoms with van der Waals surface area (Å²) in [5.41, 5.74) is 8.17. The fourth-order valence-corrected chi connectivity index (χ4v) is 3.58. The van der Waals surface area contributed by atoms with E-state index in [1.165, 1.54) is 77.0 Å². The standard InChI is InChI=1S/C25H38N2/c1-2-5-9-13-17-21-24(20-16-12-8-4-1)26-27-25-22-18-14-10-6-3-7-11-15-19-23-25/h3,6-7,10-11,14-15,18-19,22-24,26-27H,1-2,4-5,8-9,12-13,16-17,20-21H2/b6-3?,7-3?,10-6?,11-7?,14-10+,15-11?,18-14?,19-15-,22-18-,23-19?,25-22?,25-23+. The first-order chi connectivity index (χ1) is 13.4. The molecule has 0 aromatic rings. The van der Waals surface area contributed by atoms with Gasteiger partial charge < -0.3 is 5.43 Å². The van der Waals surface area contributed by atoms with Crippen molar-refractivity contribution < 1.29 is 0 Å². The van der Waals surface area contributed by atoms with E-state index in [1.54, 1.807) is 0 Å². The highest BCUT2D eigenvalue weighted by Crippen LogP contribution is 2.16. The van der Waals surface area contributed by atoms with Gasteiger partial charge in [-0.2, -0.15) is 0 Å². The zero-order chi connectivity index (χ0) is 18.8. The monoisotopic (exact) mass is 366 g/mol. The van der Waals surface area contributed by atoms with Crippen molar-refractivity contribution in [3.63, 3.8) is 0 Å². The zero-order valence-corrected chi connectivity index (χ0v) is 16.9. The summed E-state index contributed by atoms with van der Waals surface area (Å²) in [6, 6.07) is 0.559. The van der Waals surface area contributed by atoms with Crippen LogP contribution in [-0.4, -0.2) is 6.04 Å². The number of hydrogen-bond acceptors (Lipinski definition) is 2. The number of rotatable bonds is 3. The summed E-state index contributed by atoms with van der Waals surface area (Å²) in [5, 5.41) is 0. The van der Waals surface area contributed by atoms with Crippen molar-refractivity contribution >= 4 is 0 Å². The van der Waals surface area contributed by atoms with Gasteiger partial charge in [0.15, 0.2) is 0 Å². The van der Waals surface area contributed by atoms with Crippen molar-refractivity contribution in [1.29, 1.82) is 0 Å². The Morgan fingerprint density at radius 1 is 0.519 bits per heavy atom. The summed E-state index contributed by atoms with van der Waals surface area (Å²) in [5.74, 6) is 0. The smallest absolute Gasteiger partial charge is 0.0487 e. The largest absolute Gasteiger partial charge is 0.321 e. The third-order valence-corrected chi connectivity index (χ3v) is 5.22. The fourth-order valence-electron chi connectivity index (χ4n) is 3.58. The average molecular weight is 367 g/mol. The Kier molecular flexibility index (Phi) is 12.2. The van der Waals surface area contributed by atoms with Crippen LogP contribution in [0.25, 0.3) is 0 Å². The topological polar surface area (TPSA) is 24.1 Å². The lowest BCUT2D eigenvalue weighted by Crippen LogP contribution is -2.40. The van der Waals surface area contributed by atoms with Crippen LogP contribution in [0, 0.1) is 0 Å². The summed E-state index contributed by atoms with van der Waals surface area (Å²) < 4.78 is 0. The molecule has 1 saturated carbocycles. The SMILES string of the molecule is C1=C\C=C/C=C(NNC2CCCCCCCCCCCC2)\C=C/C=C/C=C1. The van der Waals surface area contributed by atoms with Crippen LogP contribution in [0.4, 0.5) is 0 Å². The lowest BCUT2D eigenvalue weighted by molar-refractivity contribution is 0.389. The van der Waals surface area contributed by atoms with E-state index in [1.807, 2.05) is 30.4 Å². The second-order valence-electron chi connectivity index (χ2n) is 7.60. The Bertz CT molecular complexity index is 535. The minimum Gasteiger partial charge on any atom is -0.321 e. The van der Waals surface area contributed by atoms with Gasteiger partial charge in [-0.15, -0.1) is 0 Å². The van der Waals surface area contributed by atoms with Gasteiger partial charge in [0.05, 0.1) is 0 Å². The van der Waals surface area contributed by atoms with Crippen molar-refractivity contribution in [2.75, 3.05) is 0 Å². The lowest BCUT2D eigenvalue weighted by Gasteiger charge is -2.20. The van der Waals surface area contributed by atoms with Crippen LogP contribution < -0.4 is 10.9 Å².